The summed E-state index contributed by atoms with van der Waals surface area (Å²) in [7, 11) is -1.93. The molecule has 106 valence electrons. The number of hydrogen-bond acceptors (Lipinski definition) is 4. The Morgan fingerprint density at radius 3 is 2.37 bits per heavy atom. The SMILES string of the molecule is COc1cc(C)c(S(=O)(=O)N2CCCOC2)c(C)c1. The molecule has 0 saturated carbocycles. The lowest BCUT2D eigenvalue weighted by molar-refractivity contribution is 0.0312. The van der Waals surface area contributed by atoms with Gasteiger partial charge in [-0.3, -0.25) is 0 Å². The van der Waals surface area contributed by atoms with E-state index in [1.54, 1.807) is 33.1 Å². The number of benzene rings is 1. The van der Waals surface area contributed by atoms with Crippen LogP contribution < -0.4 is 4.74 Å². The molecule has 0 bridgehead atoms. The highest BCUT2D eigenvalue weighted by molar-refractivity contribution is 7.89. The molecule has 0 amide bonds. The average Bonchev–Trinajstić information content (AvgIpc) is 2.38. The number of aryl methyl sites for hydroxylation is 2. The van der Waals surface area contributed by atoms with Crippen molar-refractivity contribution in [3.8, 4) is 5.75 Å². The minimum atomic E-state index is -3.50. The van der Waals surface area contributed by atoms with Crippen molar-refractivity contribution in [3.05, 3.63) is 23.3 Å². The summed E-state index contributed by atoms with van der Waals surface area (Å²) in [5, 5.41) is 0. The summed E-state index contributed by atoms with van der Waals surface area (Å²) in [4.78, 5) is 0.360. The summed E-state index contributed by atoms with van der Waals surface area (Å²) in [6.45, 7) is 4.83. The Morgan fingerprint density at radius 1 is 1.26 bits per heavy atom. The Morgan fingerprint density at radius 2 is 1.89 bits per heavy atom. The van der Waals surface area contributed by atoms with E-state index in [1.165, 1.54) is 4.31 Å². The van der Waals surface area contributed by atoms with E-state index >= 15 is 0 Å². The van der Waals surface area contributed by atoms with Gasteiger partial charge in [-0.2, -0.15) is 4.31 Å². The number of rotatable bonds is 3. The highest BCUT2D eigenvalue weighted by Crippen LogP contribution is 2.28. The standard InChI is InChI=1S/C13H19NO4S/c1-10-7-12(17-3)8-11(2)13(10)19(15,16)14-5-4-6-18-9-14/h7-8H,4-6,9H2,1-3H3. The van der Waals surface area contributed by atoms with Crippen LogP contribution in [-0.2, 0) is 14.8 Å². The molecule has 1 aromatic rings. The van der Waals surface area contributed by atoms with Gasteiger partial charge in [-0.15, -0.1) is 0 Å². The number of sulfonamides is 1. The Hall–Kier alpha value is -1.11. The minimum Gasteiger partial charge on any atom is -0.497 e. The molecule has 5 nitrogen and oxygen atoms in total. The lowest BCUT2D eigenvalue weighted by Crippen LogP contribution is -2.38. The van der Waals surface area contributed by atoms with E-state index in [-0.39, 0.29) is 6.73 Å². The second-order valence-corrected chi connectivity index (χ2v) is 6.54. The second-order valence-electron chi connectivity index (χ2n) is 4.66. The van der Waals surface area contributed by atoms with Crippen molar-refractivity contribution < 1.29 is 17.9 Å². The Labute approximate surface area is 114 Å². The van der Waals surface area contributed by atoms with Gasteiger partial charge in [0.1, 0.15) is 12.5 Å². The number of hydrogen-bond donors (Lipinski definition) is 0. The monoisotopic (exact) mass is 285 g/mol. The zero-order chi connectivity index (χ0) is 14.0. The van der Waals surface area contributed by atoms with Crippen LogP contribution in [0.3, 0.4) is 0 Å². The molecular weight excluding hydrogens is 266 g/mol. The van der Waals surface area contributed by atoms with Crippen molar-refractivity contribution >= 4 is 10.0 Å². The maximum atomic E-state index is 12.6. The van der Waals surface area contributed by atoms with E-state index in [4.69, 9.17) is 9.47 Å². The normalized spacial score (nSPS) is 17.4. The lowest BCUT2D eigenvalue weighted by Gasteiger charge is -2.27. The van der Waals surface area contributed by atoms with E-state index in [0.717, 1.165) is 6.42 Å². The molecule has 1 aromatic carbocycles. The molecular formula is C13H19NO4S. The van der Waals surface area contributed by atoms with Crippen LogP contribution in [-0.4, -0.2) is 39.7 Å². The smallest absolute Gasteiger partial charge is 0.245 e. The van der Waals surface area contributed by atoms with E-state index in [1.807, 2.05) is 0 Å². The lowest BCUT2D eigenvalue weighted by atomic mass is 10.1. The van der Waals surface area contributed by atoms with Gasteiger partial charge in [-0.05, 0) is 43.5 Å². The third kappa shape index (κ3) is 2.75. The van der Waals surface area contributed by atoms with Crippen LogP contribution in [0.25, 0.3) is 0 Å². The third-order valence-electron chi connectivity index (χ3n) is 3.20. The van der Waals surface area contributed by atoms with Crippen LogP contribution in [0.15, 0.2) is 17.0 Å². The van der Waals surface area contributed by atoms with Crippen molar-refractivity contribution in [2.75, 3.05) is 27.0 Å². The number of nitrogens with zero attached hydrogens (tertiary/aromatic N) is 1. The van der Waals surface area contributed by atoms with Crippen molar-refractivity contribution in [3.63, 3.8) is 0 Å². The molecule has 1 heterocycles. The quantitative estimate of drug-likeness (QED) is 0.848. The van der Waals surface area contributed by atoms with Crippen LogP contribution in [0.1, 0.15) is 17.5 Å². The van der Waals surface area contributed by atoms with Gasteiger partial charge < -0.3 is 9.47 Å². The van der Waals surface area contributed by atoms with Gasteiger partial charge in [0.15, 0.2) is 0 Å². The zero-order valence-corrected chi connectivity index (χ0v) is 12.3. The Balaban J connectivity index is 2.45. The van der Waals surface area contributed by atoms with Crippen molar-refractivity contribution in [1.82, 2.24) is 4.31 Å². The maximum Gasteiger partial charge on any atom is 0.245 e. The fourth-order valence-corrected chi connectivity index (χ4v) is 4.10. The molecule has 1 aliphatic heterocycles. The van der Waals surface area contributed by atoms with Crippen molar-refractivity contribution in [1.29, 1.82) is 0 Å². The van der Waals surface area contributed by atoms with E-state index in [0.29, 0.717) is 34.9 Å². The molecule has 1 saturated heterocycles. The summed E-state index contributed by atoms with van der Waals surface area (Å²) in [5.41, 5.74) is 1.39. The Bertz CT molecular complexity index is 539. The fraction of sp³-hybridized carbons (Fsp3) is 0.538. The van der Waals surface area contributed by atoms with Gasteiger partial charge >= 0.3 is 0 Å². The Kier molecular flexibility index (Phi) is 4.13. The molecule has 0 radical (unpaired) electrons. The summed E-state index contributed by atoms with van der Waals surface area (Å²) in [6, 6.07) is 3.48. The predicted molar refractivity (Wildman–Crippen MR) is 71.8 cm³/mol. The second kappa shape index (κ2) is 5.48. The molecule has 1 fully saturated rings. The molecule has 0 atom stereocenters. The van der Waals surface area contributed by atoms with E-state index in [9.17, 15) is 8.42 Å². The van der Waals surface area contributed by atoms with E-state index < -0.39 is 10.0 Å². The van der Waals surface area contributed by atoms with Gasteiger partial charge in [0.05, 0.1) is 12.0 Å². The van der Waals surface area contributed by atoms with Gasteiger partial charge in [0.2, 0.25) is 10.0 Å². The third-order valence-corrected chi connectivity index (χ3v) is 5.33. The first-order chi connectivity index (χ1) is 8.96. The first kappa shape index (κ1) is 14.3. The number of methoxy groups -OCH3 is 1. The van der Waals surface area contributed by atoms with Crippen molar-refractivity contribution in [2.24, 2.45) is 0 Å². The average molecular weight is 285 g/mol. The first-order valence-corrected chi connectivity index (χ1v) is 7.64. The molecule has 2 rings (SSSR count). The highest BCUT2D eigenvalue weighted by Gasteiger charge is 2.29. The largest absolute Gasteiger partial charge is 0.497 e. The van der Waals surface area contributed by atoms with Crippen LogP contribution in [0.5, 0.6) is 5.75 Å². The minimum absolute atomic E-state index is 0.132. The van der Waals surface area contributed by atoms with Crippen LogP contribution in [0.4, 0.5) is 0 Å². The molecule has 0 aliphatic carbocycles. The summed E-state index contributed by atoms with van der Waals surface area (Å²) in [6.07, 6.45) is 0.730. The van der Waals surface area contributed by atoms with Gasteiger partial charge in [0.25, 0.3) is 0 Å². The predicted octanol–water partition coefficient (Wildman–Crippen LogP) is 1.68. The van der Waals surface area contributed by atoms with Crippen LogP contribution in [0, 0.1) is 13.8 Å². The molecule has 19 heavy (non-hydrogen) atoms. The molecule has 0 spiro atoms. The van der Waals surface area contributed by atoms with Crippen LogP contribution >= 0.6 is 0 Å². The van der Waals surface area contributed by atoms with Gasteiger partial charge in [-0.1, -0.05) is 0 Å². The molecule has 6 heteroatoms. The van der Waals surface area contributed by atoms with Crippen LogP contribution in [0.2, 0.25) is 0 Å². The fourth-order valence-electron chi connectivity index (χ4n) is 2.33. The van der Waals surface area contributed by atoms with Crippen molar-refractivity contribution in [2.45, 2.75) is 25.2 Å². The maximum absolute atomic E-state index is 12.6. The highest BCUT2D eigenvalue weighted by atomic mass is 32.2. The number of ether oxygens (including phenoxy) is 2. The first-order valence-electron chi connectivity index (χ1n) is 6.20. The summed E-state index contributed by atoms with van der Waals surface area (Å²) >= 11 is 0. The zero-order valence-electron chi connectivity index (χ0n) is 11.5. The molecule has 0 unspecified atom stereocenters. The topological polar surface area (TPSA) is 55.8 Å². The van der Waals surface area contributed by atoms with Gasteiger partial charge in [0, 0.05) is 13.2 Å². The molecule has 1 aliphatic rings. The summed E-state index contributed by atoms with van der Waals surface area (Å²) < 4.78 is 37.0. The summed E-state index contributed by atoms with van der Waals surface area (Å²) in [5.74, 6) is 0.670. The van der Waals surface area contributed by atoms with E-state index in [2.05, 4.69) is 0 Å². The van der Waals surface area contributed by atoms with Gasteiger partial charge in [-0.25, -0.2) is 8.42 Å². The molecule has 0 N–H and O–H groups in total. The molecule has 0 aromatic heterocycles.